The van der Waals surface area contributed by atoms with E-state index in [1.807, 2.05) is 167 Å². The van der Waals surface area contributed by atoms with E-state index in [-0.39, 0.29) is 78.3 Å². The highest BCUT2D eigenvalue weighted by Gasteiger charge is 2.38. The molecule has 29 nitrogen and oxygen atoms in total. The van der Waals surface area contributed by atoms with Crippen LogP contribution in [-0.2, 0) is 75.0 Å². The summed E-state index contributed by atoms with van der Waals surface area (Å²) in [5.74, 6) is -0.817. The Labute approximate surface area is 742 Å². The van der Waals surface area contributed by atoms with Crippen molar-refractivity contribution in [3.8, 4) is 0 Å². The molecule has 3 aromatic rings. The third-order valence-corrected chi connectivity index (χ3v) is 20.1. The van der Waals surface area contributed by atoms with Crippen LogP contribution >= 0.6 is 23.5 Å². The number of aliphatic hydroxyl groups is 7. The Morgan fingerprint density at radius 3 is 0.992 bits per heavy atom. The molecule has 0 aliphatic heterocycles. The quantitative estimate of drug-likeness (QED) is 0.00477. The zero-order valence-electron chi connectivity index (χ0n) is 76.5. The van der Waals surface area contributed by atoms with E-state index in [2.05, 4.69) is 114 Å². The minimum Gasteiger partial charge on any atom is -0.756 e. The van der Waals surface area contributed by atoms with Crippen molar-refractivity contribution in [3.05, 3.63) is 205 Å². The SMILES string of the molecule is CCC(O)COP(=O)([O-])OCC[N+](C)(C)C.CCCCC/C=C\C/C=C\C/C=C\C/C=C\CCCC(=O)OC(CC)COP(=O)(O)OCC[N+](C)(C)C.CCCCC/C=C\C/C=C\C/C=C\C/C=C\CCCC(=O)OC(CO)COP(=O)(O)OCC[N+](C)(C)C.O=CO.OCC(O)CO.OCC(O)COC(c1ccccc1)(c1ccccc1)c1ccccc1. The van der Waals surface area contributed by atoms with E-state index in [0.717, 1.165) is 68.1 Å². The van der Waals surface area contributed by atoms with Gasteiger partial charge in [-0.2, -0.15) is 0 Å². The van der Waals surface area contributed by atoms with Crippen LogP contribution in [0.2, 0.25) is 0 Å². The van der Waals surface area contributed by atoms with Gasteiger partial charge in [0.25, 0.3) is 14.3 Å². The predicted molar refractivity (Wildman–Crippen MR) is 489 cm³/mol. The van der Waals surface area contributed by atoms with Gasteiger partial charge < -0.3 is 92.2 Å². The van der Waals surface area contributed by atoms with Gasteiger partial charge in [-0.25, -0.2) is 9.13 Å². The number of ether oxygens (including phenoxy) is 3. The van der Waals surface area contributed by atoms with E-state index in [9.17, 15) is 53.3 Å². The van der Waals surface area contributed by atoms with E-state index >= 15 is 0 Å². The van der Waals surface area contributed by atoms with E-state index in [0.29, 0.717) is 65.2 Å². The normalized spacial score (nSPS) is 14.6. The molecule has 0 aromatic heterocycles. The van der Waals surface area contributed by atoms with Gasteiger partial charge in [0.1, 0.15) is 69.5 Å². The zero-order chi connectivity index (χ0) is 93.7. The first-order chi connectivity index (χ1) is 58.8. The zero-order valence-corrected chi connectivity index (χ0v) is 79.2. The highest BCUT2D eigenvalue weighted by atomic mass is 31.2. The van der Waals surface area contributed by atoms with Gasteiger partial charge in [0.2, 0.25) is 0 Å². The average Bonchev–Trinajstić information content (AvgIpc) is 0.757. The fourth-order valence-corrected chi connectivity index (χ4v) is 12.1. The number of phosphoric acid groups is 3. The molecule has 0 aliphatic rings. The Bertz CT molecular complexity index is 3250. The highest BCUT2D eigenvalue weighted by molar-refractivity contribution is 7.47. The molecule has 0 saturated heterocycles. The second-order valence-electron chi connectivity index (χ2n) is 31.7. The second-order valence-corrected chi connectivity index (χ2v) is 36.0. The van der Waals surface area contributed by atoms with Gasteiger partial charge in [0.05, 0.1) is 122 Å². The fourth-order valence-electron chi connectivity index (χ4n) is 9.85. The lowest BCUT2D eigenvalue weighted by molar-refractivity contribution is -0.870. The Kier molecular flexibility index (Phi) is 75.7. The monoisotopic (exact) mass is 1810 g/mol. The molecule has 0 heterocycles. The Balaban J connectivity index is -0.00000157. The number of aliphatic hydroxyl groups excluding tert-OH is 7. The number of carbonyl (C=O) groups excluding carboxylic acids is 2. The van der Waals surface area contributed by atoms with Crippen molar-refractivity contribution in [2.75, 3.05) is 156 Å². The number of esters is 2. The standard InChI is InChI=1S/C29H52NO6P.C28H50NO7P.C22H22O3.C9H22NO5P.C3H8O3.CH2O2/c1-6-8-9-10-11-12-13-14-15-16-17-18-19-20-21-22-23-24-29(31)36-28(7-2)27-35-37(32,33)34-26-25-30(3,4)5;1-5-6-7-8-9-10-11-12-13-14-15-16-17-18-19-20-21-22-28(31)36-27(25-30)26-35-37(32,33)34-24-23-29(2,3)4;23-16-21(24)17-25-22(18-10-4-1-5-11-18,19-12-6-2-7-13-19)20-14-8-3-9-15-20;1-5-9(11)8-15-16(12,13)14-7-6-10(2,3)4;4-1-3(6)2-5;2-1-3/h11-12,14-15,17-18,20-21,28H,6-10,13,16,19,22-27H2,1-5H3;9-10,12-13,15-16,18-19,27,30H,5-8,11,14,17,20-26H2,1-4H3;1-15,21,23-24H,16-17H2;9,11H,5-8H2,1-4H3;3-6H,1-2H2;1H,(H,2,3)/p+2/b12-11-,15-14-,18-17-,21-20-;10-9-,13-12-,16-15-,19-18-;;;;. The molecule has 124 heavy (non-hydrogen) atoms. The van der Waals surface area contributed by atoms with E-state index in [4.69, 9.17) is 62.6 Å². The summed E-state index contributed by atoms with van der Waals surface area (Å²) in [4.78, 5) is 63.2. The van der Waals surface area contributed by atoms with E-state index in [1.54, 1.807) is 6.92 Å². The molecule has 10 N–H and O–H groups in total. The lowest BCUT2D eigenvalue weighted by Gasteiger charge is -2.36. The number of nitrogens with zero attached hydrogens (tertiary/aromatic N) is 3. The van der Waals surface area contributed by atoms with Crippen LogP contribution in [-0.4, -0.2) is 269 Å². The van der Waals surface area contributed by atoms with E-state index in [1.165, 1.54) is 51.4 Å². The van der Waals surface area contributed by atoms with Crippen molar-refractivity contribution in [3.63, 3.8) is 0 Å². The lowest BCUT2D eigenvalue weighted by atomic mass is 9.80. The third kappa shape index (κ3) is 76.0. The Morgan fingerprint density at radius 2 is 0.702 bits per heavy atom. The molecule has 0 fully saturated rings. The van der Waals surface area contributed by atoms with Crippen LogP contribution in [0.1, 0.15) is 186 Å². The molecule has 0 amide bonds. The molecule has 0 radical (unpaired) electrons. The topological polar surface area (TPSA) is 411 Å². The molecule has 0 bridgehead atoms. The van der Waals surface area contributed by atoms with Crippen LogP contribution in [0.4, 0.5) is 0 Å². The molecular weight excluding hydrogens is 1660 g/mol. The maximum Gasteiger partial charge on any atom is 0.472 e. The second kappa shape index (κ2) is 76.9. The summed E-state index contributed by atoms with van der Waals surface area (Å²) in [7, 11) is 4.75. The number of unbranched alkanes of at least 4 members (excludes halogenated alkanes) is 8. The van der Waals surface area contributed by atoms with Crippen LogP contribution in [0.15, 0.2) is 188 Å². The van der Waals surface area contributed by atoms with Crippen LogP contribution in [0, 0.1) is 0 Å². The largest absolute Gasteiger partial charge is 0.756 e. The first-order valence-electron chi connectivity index (χ1n) is 43.0. The maximum absolute atomic E-state index is 12.1. The van der Waals surface area contributed by atoms with Crippen LogP contribution in [0.5, 0.6) is 0 Å². The van der Waals surface area contributed by atoms with Gasteiger partial charge in [0.15, 0.2) is 0 Å². The summed E-state index contributed by atoms with van der Waals surface area (Å²) < 4.78 is 82.7. The summed E-state index contributed by atoms with van der Waals surface area (Å²) in [6.07, 6.45) is 50.2. The van der Waals surface area contributed by atoms with Crippen LogP contribution in [0.25, 0.3) is 0 Å². The van der Waals surface area contributed by atoms with Gasteiger partial charge in [-0.1, -0.05) is 242 Å². The van der Waals surface area contributed by atoms with Crippen molar-refractivity contribution >= 4 is 41.9 Å². The van der Waals surface area contributed by atoms with Crippen LogP contribution in [0.3, 0.4) is 0 Å². The summed E-state index contributed by atoms with van der Waals surface area (Å²) in [5.41, 5.74) is 2.05. The number of hydrogen-bond acceptors (Lipinski definition) is 23. The molecule has 3 rings (SSSR count). The van der Waals surface area contributed by atoms with Crippen molar-refractivity contribution < 1.29 is 138 Å². The minimum atomic E-state index is -4.28. The van der Waals surface area contributed by atoms with Crippen molar-refractivity contribution in [1.29, 1.82) is 0 Å². The number of hydrogen-bond donors (Lipinski definition) is 10. The number of phosphoric ester groups is 3. The average molecular weight is 1820 g/mol. The number of rotatable bonds is 63. The van der Waals surface area contributed by atoms with Crippen molar-refractivity contribution in [2.45, 2.75) is 205 Å². The number of likely N-dealkylation sites (N-methyl/N-ethyl adjacent to an activating group) is 3. The molecular formula is C92H158N3O26P3+2. The van der Waals surface area contributed by atoms with Crippen LogP contribution < -0.4 is 4.89 Å². The molecule has 3 aromatic carbocycles. The van der Waals surface area contributed by atoms with Gasteiger partial charge in [-0.05, 0) is 119 Å². The molecule has 7 atom stereocenters. The highest BCUT2D eigenvalue weighted by Crippen LogP contribution is 2.45. The first kappa shape index (κ1) is 122. The fraction of sp³-hybridized carbons (Fsp3) is 0.598. The minimum absolute atomic E-state index is 0.0230. The van der Waals surface area contributed by atoms with E-state index < -0.39 is 78.8 Å². The number of carboxylic acid groups (broad SMARTS) is 1. The number of quaternary nitrogens is 3. The van der Waals surface area contributed by atoms with Gasteiger partial charge in [-0.3, -0.25) is 37.0 Å². The number of allylic oxidation sites excluding steroid dienone is 16. The smallest absolute Gasteiger partial charge is 0.472 e. The van der Waals surface area contributed by atoms with Crippen molar-refractivity contribution in [1.82, 2.24) is 0 Å². The number of benzene rings is 3. The number of carbonyl (C=O) groups is 3. The molecule has 32 heteroatoms. The lowest BCUT2D eigenvalue weighted by Crippen LogP contribution is -2.37. The molecule has 710 valence electrons. The molecule has 0 saturated carbocycles. The Morgan fingerprint density at radius 1 is 0.395 bits per heavy atom. The molecule has 7 unspecified atom stereocenters. The van der Waals surface area contributed by atoms with Crippen molar-refractivity contribution in [2.24, 2.45) is 0 Å². The predicted octanol–water partition coefficient (Wildman–Crippen LogP) is 14.5. The maximum atomic E-state index is 12.1. The van der Waals surface area contributed by atoms with Gasteiger partial charge in [0, 0.05) is 12.8 Å². The van der Waals surface area contributed by atoms with Gasteiger partial charge in [-0.15, -0.1) is 0 Å². The third-order valence-electron chi connectivity index (χ3n) is 17.1. The molecule has 0 aliphatic carbocycles. The Hall–Kier alpha value is -6.12. The first-order valence-corrected chi connectivity index (χ1v) is 47.5. The summed E-state index contributed by atoms with van der Waals surface area (Å²) >= 11 is 0. The van der Waals surface area contributed by atoms with Gasteiger partial charge >= 0.3 is 27.6 Å². The summed E-state index contributed by atoms with van der Waals surface area (Å²) in [6, 6.07) is 29.9. The summed E-state index contributed by atoms with van der Waals surface area (Å²) in [5, 5.41) is 68.5. The molecule has 0 spiro atoms. The summed E-state index contributed by atoms with van der Waals surface area (Å²) in [6.45, 7) is 7.24.